The van der Waals surface area contributed by atoms with E-state index in [2.05, 4.69) is 11.8 Å². The van der Waals surface area contributed by atoms with Crippen LogP contribution in [0.15, 0.2) is 0 Å². The van der Waals surface area contributed by atoms with Crippen molar-refractivity contribution in [1.29, 1.82) is 0 Å². The van der Waals surface area contributed by atoms with Crippen molar-refractivity contribution in [3.8, 4) is 0 Å². The standard InChI is InChI=1S/C14H23NO3/c1-10(11-6-7-11)15(12-8-9-12)13(16)4-2-3-5-14(17)18/h10-12H,2-9H2,1H3,(H,17,18). The molecule has 0 saturated heterocycles. The smallest absolute Gasteiger partial charge is 0.303 e. The summed E-state index contributed by atoms with van der Waals surface area (Å²) in [5, 5.41) is 8.56. The number of aliphatic carboxylic acids is 1. The summed E-state index contributed by atoms with van der Waals surface area (Å²) in [5.74, 6) is 0.184. The first-order valence-electron chi connectivity index (χ1n) is 7.12. The average Bonchev–Trinajstić information content (AvgIpc) is 3.16. The Morgan fingerprint density at radius 3 is 2.28 bits per heavy atom. The number of hydrogen-bond donors (Lipinski definition) is 1. The number of carboxylic acid groups (broad SMARTS) is 1. The number of carbonyl (C=O) groups is 2. The van der Waals surface area contributed by atoms with Crippen LogP contribution in [0.25, 0.3) is 0 Å². The second-order valence-electron chi connectivity index (χ2n) is 5.71. The van der Waals surface area contributed by atoms with Gasteiger partial charge in [0.25, 0.3) is 0 Å². The first-order valence-corrected chi connectivity index (χ1v) is 7.12. The number of amides is 1. The highest BCUT2D eigenvalue weighted by atomic mass is 16.4. The van der Waals surface area contributed by atoms with E-state index in [4.69, 9.17) is 5.11 Å². The molecule has 1 N–H and O–H groups in total. The maximum atomic E-state index is 12.2. The molecule has 2 saturated carbocycles. The molecule has 0 aromatic carbocycles. The maximum Gasteiger partial charge on any atom is 0.303 e. The van der Waals surface area contributed by atoms with Gasteiger partial charge in [-0.2, -0.15) is 0 Å². The van der Waals surface area contributed by atoms with Crippen LogP contribution in [-0.4, -0.2) is 34.0 Å². The predicted octanol–water partition coefficient (Wildman–Crippen LogP) is 2.42. The highest BCUT2D eigenvalue weighted by Crippen LogP contribution is 2.40. The third-order valence-electron chi connectivity index (χ3n) is 4.00. The molecule has 2 fully saturated rings. The number of nitrogens with zero attached hydrogens (tertiary/aromatic N) is 1. The minimum atomic E-state index is -0.771. The molecule has 1 amide bonds. The van der Waals surface area contributed by atoms with E-state index in [9.17, 15) is 9.59 Å². The lowest BCUT2D eigenvalue weighted by molar-refractivity contribution is -0.138. The summed E-state index contributed by atoms with van der Waals surface area (Å²) in [4.78, 5) is 24.7. The monoisotopic (exact) mass is 253 g/mol. The highest BCUT2D eigenvalue weighted by Gasteiger charge is 2.41. The normalized spacial score (nSPS) is 20.5. The van der Waals surface area contributed by atoms with E-state index < -0.39 is 5.97 Å². The lowest BCUT2D eigenvalue weighted by Crippen LogP contribution is -2.41. The lowest BCUT2D eigenvalue weighted by Gasteiger charge is -2.29. The minimum absolute atomic E-state index is 0.175. The Hall–Kier alpha value is -1.06. The van der Waals surface area contributed by atoms with Gasteiger partial charge in [0.2, 0.25) is 5.91 Å². The van der Waals surface area contributed by atoms with Gasteiger partial charge in [0.05, 0.1) is 0 Å². The second-order valence-corrected chi connectivity index (χ2v) is 5.71. The largest absolute Gasteiger partial charge is 0.481 e. The molecule has 2 aliphatic carbocycles. The van der Waals surface area contributed by atoms with Crippen LogP contribution in [0.2, 0.25) is 0 Å². The van der Waals surface area contributed by atoms with Crippen molar-refractivity contribution in [2.75, 3.05) is 0 Å². The molecule has 2 rings (SSSR count). The van der Waals surface area contributed by atoms with Crippen molar-refractivity contribution in [1.82, 2.24) is 4.90 Å². The zero-order valence-corrected chi connectivity index (χ0v) is 11.1. The summed E-state index contributed by atoms with van der Waals surface area (Å²) < 4.78 is 0. The molecule has 0 spiro atoms. The van der Waals surface area contributed by atoms with Crippen molar-refractivity contribution in [3.63, 3.8) is 0 Å². The molecule has 4 nitrogen and oxygen atoms in total. The summed E-state index contributed by atoms with van der Waals surface area (Å²) in [7, 11) is 0. The molecule has 4 heteroatoms. The van der Waals surface area contributed by atoms with Gasteiger partial charge in [0.1, 0.15) is 0 Å². The third-order valence-corrected chi connectivity index (χ3v) is 4.00. The second kappa shape index (κ2) is 5.72. The third kappa shape index (κ3) is 3.72. The SMILES string of the molecule is CC(C1CC1)N(C(=O)CCCCC(=O)O)C1CC1. The van der Waals surface area contributed by atoms with Crippen LogP contribution in [0, 0.1) is 5.92 Å². The van der Waals surface area contributed by atoms with Gasteiger partial charge in [-0.3, -0.25) is 9.59 Å². The average molecular weight is 253 g/mol. The zero-order chi connectivity index (χ0) is 13.1. The van der Waals surface area contributed by atoms with E-state index >= 15 is 0 Å². The van der Waals surface area contributed by atoms with Crippen LogP contribution >= 0.6 is 0 Å². The van der Waals surface area contributed by atoms with Crippen LogP contribution in [0.1, 0.15) is 58.3 Å². The van der Waals surface area contributed by atoms with E-state index in [1.807, 2.05) is 0 Å². The molecule has 0 heterocycles. The summed E-state index contributed by atoms with van der Waals surface area (Å²) in [6.07, 6.45) is 6.82. The number of rotatable bonds is 8. The van der Waals surface area contributed by atoms with Crippen LogP contribution in [-0.2, 0) is 9.59 Å². The van der Waals surface area contributed by atoms with Crippen molar-refractivity contribution in [2.24, 2.45) is 5.92 Å². The molecule has 0 aromatic heterocycles. The Bertz CT molecular complexity index is 321. The van der Waals surface area contributed by atoms with Gasteiger partial charge in [0, 0.05) is 24.9 Å². The molecule has 0 bridgehead atoms. The topological polar surface area (TPSA) is 57.6 Å². The Morgan fingerprint density at radius 2 is 1.78 bits per heavy atom. The van der Waals surface area contributed by atoms with Gasteiger partial charge in [-0.05, 0) is 51.4 Å². The molecule has 102 valence electrons. The number of hydrogen-bond acceptors (Lipinski definition) is 2. The summed E-state index contributed by atoms with van der Waals surface area (Å²) in [6, 6.07) is 0.872. The van der Waals surface area contributed by atoms with Crippen LogP contribution in [0.5, 0.6) is 0 Å². The van der Waals surface area contributed by atoms with E-state index in [0.29, 0.717) is 37.3 Å². The van der Waals surface area contributed by atoms with Gasteiger partial charge >= 0.3 is 5.97 Å². The van der Waals surface area contributed by atoms with Gasteiger partial charge in [-0.25, -0.2) is 0 Å². The molecule has 18 heavy (non-hydrogen) atoms. The fraction of sp³-hybridized carbons (Fsp3) is 0.857. The molecule has 0 aromatic rings. The fourth-order valence-corrected chi connectivity index (χ4v) is 2.60. The Labute approximate surface area is 108 Å². The van der Waals surface area contributed by atoms with Crippen molar-refractivity contribution < 1.29 is 14.7 Å². The molecule has 1 atom stereocenters. The molecule has 0 radical (unpaired) electrons. The van der Waals surface area contributed by atoms with Crippen LogP contribution in [0.3, 0.4) is 0 Å². The van der Waals surface area contributed by atoms with Crippen LogP contribution in [0.4, 0.5) is 0 Å². The van der Waals surface area contributed by atoms with Crippen LogP contribution < -0.4 is 0 Å². The molecule has 1 unspecified atom stereocenters. The Kier molecular flexibility index (Phi) is 4.25. The predicted molar refractivity (Wildman–Crippen MR) is 68.2 cm³/mol. The van der Waals surface area contributed by atoms with Crippen molar-refractivity contribution >= 4 is 11.9 Å². The zero-order valence-electron chi connectivity index (χ0n) is 11.1. The van der Waals surface area contributed by atoms with Gasteiger partial charge in [-0.15, -0.1) is 0 Å². The first-order chi connectivity index (χ1) is 8.59. The van der Waals surface area contributed by atoms with E-state index in [-0.39, 0.29) is 12.3 Å². The van der Waals surface area contributed by atoms with Gasteiger partial charge in [0.15, 0.2) is 0 Å². The summed E-state index contributed by atoms with van der Waals surface area (Å²) >= 11 is 0. The number of carbonyl (C=O) groups excluding carboxylic acids is 1. The summed E-state index contributed by atoms with van der Waals surface area (Å²) in [6.45, 7) is 2.17. The number of unbranched alkanes of at least 4 members (excludes halogenated alkanes) is 1. The van der Waals surface area contributed by atoms with Gasteiger partial charge < -0.3 is 10.0 Å². The Morgan fingerprint density at radius 1 is 1.17 bits per heavy atom. The molecule has 2 aliphatic rings. The first kappa shape index (κ1) is 13.4. The number of carboxylic acids is 1. The van der Waals surface area contributed by atoms with Crippen molar-refractivity contribution in [3.05, 3.63) is 0 Å². The molecular weight excluding hydrogens is 230 g/mol. The lowest BCUT2D eigenvalue weighted by atomic mass is 10.1. The summed E-state index contributed by atoms with van der Waals surface area (Å²) in [5.41, 5.74) is 0. The van der Waals surface area contributed by atoms with E-state index in [1.165, 1.54) is 12.8 Å². The minimum Gasteiger partial charge on any atom is -0.481 e. The van der Waals surface area contributed by atoms with E-state index in [0.717, 1.165) is 12.8 Å². The van der Waals surface area contributed by atoms with E-state index in [1.54, 1.807) is 0 Å². The molecule has 0 aliphatic heterocycles. The van der Waals surface area contributed by atoms with Crippen molar-refractivity contribution in [2.45, 2.75) is 70.4 Å². The van der Waals surface area contributed by atoms with Gasteiger partial charge in [-0.1, -0.05) is 0 Å². The highest BCUT2D eigenvalue weighted by molar-refractivity contribution is 5.77. The molecular formula is C14H23NO3. The fourth-order valence-electron chi connectivity index (χ4n) is 2.60. The quantitative estimate of drug-likeness (QED) is 0.676. The maximum absolute atomic E-state index is 12.2. The Balaban J connectivity index is 1.75.